The maximum absolute atomic E-state index is 5.12. The van der Waals surface area contributed by atoms with E-state index >= 15 is 0 Å². The van der Waals surface area contributed by atoms with Gasteiger partial charge in [-0.05, 0) is 24.1 Å². The Labute approximate surface area is 81.9 Å². The molecule has 2 heteroatoms. The summed E-state index contributed by atoms with van der Waals surface area (Å²) in [6.07, 6.45) is 1.04. The lowest BCUT2D eigenvalue weighted by Gasteiger charge is -2.05. The molecule has 1 unspecified atom stereocenters. The van der Waals surface area contributed by atoms with Gasteiger partial charge in [-0.2, -0.15) is 0 Å². The standard InChI is InChI=1S/C10H13BrO/c1-8(11)6-9-4-3-5-10(7-9)12-2/h3-5,7-8H,6H2,1-2H3. The third-order valence-corrected chi connectivity index (χ3v) is 1.97. The summed E-state index contributed by atoms with van der Waals surface area (Å²) in [4.78, 5) is 0.518. The van der Waals surface area contributed by atoms with E-state index in [9.17, 15) is 0 Å². The molecule has 0 N–H and O–H groups in total. The fraction of sp³-hybridized carbons (Fsp3) is 0.400. The number of alkyl halides is 1. The van der Waals surface area contributed by atoms with E-state index in [0.29, 0.717) is 4.83 Å². The van der Waals surface area contributed by atoms with Crippen molar-refractivity contribution < 1.29 is 4.74 Å². The van der Waals surface area contributed by atoms with E-state index in [-0.39, 0.29) is 0 Å². The molecule has 0 aliphatic rings. The largest absolute Gasteiger partial charge is 0.497 e. The Kier molecular flexibility index (Phi) is 3.60. The molecule has 12 heavy (non-hydrogen) atoms. The van der Waals surface area contributed by atoms with Crippen LogP contribution in [0.2, 0.25) is 0 Å². The second kappa shape index (κ2) is 4.51. The lowest BCUT2D eigenvalue weighted by molar-refractivity contribution is 0.414. The highest BCUT2D eigenvalue weighted by Gasteiger charge is 1.99. The van der Waals surface area contributed by atoms with E-state index in [1.165, 1.54) is 5.56 Å². The topological polar surface area (TPSA) is 9.23 Å². The van der Waals surface area contributed by atoms with Crippen LogP contribution in [-0.2, 0) is 6.42 Å². The van der Waals surface area contributed by atoms with Gasteiger partial charge in [-0.25, -0.2) is 0 Å². The van der Waals surface area contributed by atoms with Crippen LogP contribution in [-0.4, -0.2) is 11.9 Å². The average Bonchev–Trinajstić information content (AvgIpc) is 2.03. The second-order valence-electron chi connectivity index (χ2n) is 2.84. The van der Waals surface area contributed by atoms with Gasteiger partial charge in [-0.1, -0.05) is 35.0 Å². The van der Waals surface area contributed by atoms with Crippen LogP contribution < -0.4 is 4.74 Å². The van der Waals surface area contributed by atoms with Gasteiger partial charge < -0.3 is 4.74 Å². The SMILES string of the molecule is COc1cccc(CC(C)Br)c1. The fourth-order valence-corrected chi connectivity index (χ4v) is 1.50. The molecule has 66 valence electrons. The summed E-state index contributed by atoms with van der Waals surface area (Å²) in [6, 6.07) is 8.16. The molecule has 0 aromatic heterocycles. The van der Waals surface area contributed by atoms with Crippen molar-refractivity contribution in [3.05, 3.63) is 29.8 Å². The maximum atomic E-state index is 5.12. The zero-order chi connectivity index (χ0) is 8.97. The minimum atomic E-state index is 0.518. The van der Waals surface area contributed by atoms with Crippen molar-refractivity contribution in [1.82, 2.24) is 0 Å². The highest BCUT2D eigenvalue weighted by atomic mass is 79.9. The zero-order valence-electron chi connectivity index (χ0n) is 7.38. The Morgan fingerprint density at radius 1 is 1.50 bits per heavy atom. The summed E-state index contributed by atoms with van der Waals surface area (Å²) in [7, 11) is 1.69. The van der Waals surface area contributed by atoms with Gasteiger partial charge in [0.05, 0.1) is 7.11 Å². The predicted octanol–water partition coefficient (Wildman–Crippen LogP) is 3.02. The molecular formula is C10H13BrO. The van der Waals surface area contributed by atoms with Gasteiger partial charge in [0.1, 0.15) is 5.75 Å². The molecule has 1 atom stereocenters. The molecule has 0 radical (unpaired) electrons. The van der Waals surface area contributed by atoms with Crippen LogP contribution in [0.15, 0.2) is 24.3 Å². The van der Waals surface area contributed by atoms with E-state index in [1.54, 1.807) is 7.11 Å². The maximum Gasteiger partial charge on any atom is 0.119 e. The quantitative estimate of drug-likeness (QED) is 0.724. The Morgan fingerprint density at radius 3 is 2.83 bits per heavy atom. The van der Waals surface area contributed by atoms with E-state index in [0.717, 1.165) is 12.2 Å². The summed E-state index contributed by atoms with van der Waals surface area (Å²) < 4.78 is 5.12. The van der Waals surface area contributed by atoms with Crippen molar-refractivity contribution >= 4 is 15.9 Å². The number of ether oxygens (including phenoxy) is 1. The molecule has 1 rings (SSSR count). The molecule has 0 saturated carbocycles. The first-order valence-electron chi connectivity index (χ1n) is 3.99. The Hall–Kier alpha value is -0.500. The zero-order valence-corrected chi connectivity index (χ0v) is 8.97. The van der Waals surface area contributed by atoms with Gasteiger partial charge in [0.15, 0.2) is 0 Å². The smallest absolute Gasteiger partial charge is 0.119 e. The van der Waals surface area contributed by atoms with Gasteiger partial charge in [0.25, 0.3) is 0 Å². The summed E-state index contributed by atoms with van der Waals surface area (Å²) in [6.45, 7) is 2.14. The fourth-order valence-electron chi connectivity index (χ4n) is 1.12. The highest BCUT2D eigenvalue weighted by molar-refractivity contribution is 9.09. The molecule has 0 bridgehead atoms. The van der Waals surface area contributed by atoms with E-state index in [4.69, 9.17) is 4.74 Å². The van der Waals surface area contributed by atoms with Gasteiger partial charge in [0, 0.05) is 4.83 Å². The van der Waals surface area contributed by atoms with Crippen molar-refractivity contribution in [2.45, 2.75) is 18.2 Å². The Morgan fingerprint density at radius 2 is 2.25 bits per heavy atom. The lowest BCUT2D eigenvalue weighted by atomic mass is 10.1. The first-order chi connectivity index (χ1) is 5.72. The third kappa shape index (κ3) is 2.86. The van der Waals surface area contributed by atoms with Crippen LogP contribution in [0.25, 0.3) is 0 Å². The van der Waals surface area contributed by atoms with Crippen LogP contribution >= 0.6 is 15.9 Å². The van der Waals surface area contributed by atoms with E-state index < -0.39 is 0 Å². The van der Waals surface area contributed by atoms with Crippen molar-refractivity contribution in [2.75, 3.05) is 7.11 Å². The third-order valence-electron chi connectivity index (χ3n) is 1.65. The number of methoxy groups -OCH3 is 1. The van der Waals surface area contributed by atoms with Crippen LogP contribution in [0.3, 0.4) is 0 Å². The molecule has 0 aliphatic carbocycles. The molecular weight excluding hydrogens is 216 g/mol. The first-order valence-corrected chi connectivity index (χ1v) is 4.91. The van der Waals surface area contributed by atoms with Crippen LogP contribution in [0.5, 0.6) is 5.75 Å². The Balaban J connectivity index is 2.72. The monoisotopic (exact) mass is 228 g/mol. The number of benzene rings is 1. The van der Waals surface area contributed by atoms with Gasteiger partial charge in [0.2, 0.25) is 0 Å². The summed E-state index contributed by atoms with van der Waals surface area (Å²) in [5.41, 5.74) is 1.30. The average molecular weight is 229 g/mol. The second-order valence-corrected chi connectivity index (χ2v) is 4.40. The highest BCUT2D eigenvalue weighted by Crippen LogP contribution is 2.15. The van der Waals surface area contributed by atoms with E-state index in [1.807, 2.05) is 12.1 Å². The molecule has 1 aromatic rings. The Bertz CT molecular complexity index is 245. The number of hydrogen-bond donors (Lipinski definition) is 0. The van der Waals surface area contributed by atoms with Crippen molar-refractivity contribution in [2.24, 2.45) is 0 Å². The number of halogens is 1. The van der Waals surface area contributed by atoms with E-state index in [2.05, 4.69) is 35.0 Å². The van der Waals surface area contributed by atoms with Gasteiger partial charge in [-0.3, -0.25) is 0 Å². The van der Waals surface area contributed by atoms with Crippen molar-refractivity contribution in [3.8, 4) is 5.75 Å². The van der Waals surface area contributed by atoms with Crippen LogP contribution in [0.4, 0.5) is 0 Å². The molecule has 1 nitrogen and oxygen atoms in total. The molecule has 1 aromatic carbocycles. The van der Waals surface area contributed by atoms with Crippen LogP contribution in [0, 0.1) is 0 Å². The molecule has 0 heterocycles. The first kappa shape index (κ1) is 9.59. The summed E-state index contributed by atoms with van der Waals surface area (Å²) in [5, 5.41) is 0. The molecule has 0 fully saturated rings. The summed E-state index contributed by atoms with van der Waals surface area (Å²) >= 11 is 3.52. The van der Waals surface area contributed by atoms with Crippen molar-refractivity contribution in [3.63, 3.8) is 0 Å². The minimum absolute atomic E-state index is 0.518. The van der Waals surface area contributed by atoms with Crippen LogP contribution in [0.1, 0.15) is 12.5 Å². The number of rotatable bonds is 3. The molecule has 0 aliphatic heterocycles. The lowest BCUT2D eigenvalue weighted by Crippen LogP contribution is -1.96. The minimum Gasteiger partial charge on any atom is -0.497 e. The normalized spacial score (nSPS) is 12.6. The molecule has 0 saturated heterocycles. The van der Waals surface area contributed by atoms with Gasteiger partial charge >= 0.3 is 0 Å². The molecule has 0 spiro atoms. The van der Waals surface area contributed by atoms with Gasteiger partial charge in [-0.15, -0.1) is 0 Å². The molecule has 0 amide bonds. The van der Waals surface area contributed by atoms with Crippen molar-refractivity contribution in [1.29, 1.82) is 0 Å². The number of hydrogen-bond acceptors (Lipinski definition) is 1. The summed E-state index contributed by atoms with van der Waals surface area (Å²) in [5.74, 6) is 0.931. The predicted molar refractivity (Wildman–Crippen MR) is 55.1 cm³/mol.